The zero-order valence-electron chi connectivity index (χ0n) is 10.7. The molecule has 1 aromatic rings. The molecular weight excluding hydrogens is 269 g/mol. The number of hydrogen-bond acceptors (Lipinski definition) is 2. The van der Waals surface area contributed by atoms with Gasteiger partial charge in [0.2, 0.25) is 0 Å². The van der Waals surface area contributed by atoms with Crippen molar-refractivity contribution < 1.29 is 4.79 Å². The predicted octanol–water partition coefficient (Wildman–Crippen LogP) is 4.05. The van der Waals surface area contributed by atoms with Crippen LogP contribution in [0.2, 0.25) is 10.0 Å². The van der Waals surface area contributed by atoms with Gasteiger partial charge in [0.15, 0.2) is 5.78 Å². The molecule has 18 heavy (non-hydrogen) atoms. The number of Topliss-reactive ketones (excluding diaryl/α,β-unsaturated/α-hetero) is 1. The first-order valence-electron chi connectivity index (χ1n) is 6.15. The smallest absolute Gasteiger partial charge is 0.183 e. The predicted molar refractivity (Wildman–Crippen MR) is 75.7 cm³/mol. The van der Waals surface area contributed by atoms with E-state index in [1.807, 2.05) is 19.0 Å². The van der Waals surface area contributed by atoms with Gasteiger partial charge < -0.3 is 0 Å². The quantitative estimate of drug-likeness (QED) is 0.781. The Morgan fingerprint density at radius 1 is 1.17 bits per heavy atom. The zero-order chi connectivity index (χ0) is 13.3. The molecule has 2 rings (SSSR count). The minimum Gasteiger partial charge on any atom is -0.297 e. The van der Waals surface area contributed by atoms with Gasteiger partial charge in [0.1, 0.15) is 0 Å². The van der Waals surface area contributed by atoms with E-state index in [1.54, 1.807) is 18.2 Å². The van der Waals surface area contributed by atoms with E-state index in [0.29, 0.717) is 15.6 Å². The maximum absolute atomic E-state index is 12.7. The van der Waals surface area contributed by atoms with E-state index in [1.165, 1.54) is 0 Å². The standard InChI is InChI=1S/C14H17Cl2NO/c1-17(2)14(7-3-4-8-14)13(18)10-5-6-11(15)12(16)9-10/h5-6,9H,3-4,7-8H2,1-2H3. The van der Waals surface area contributed by atoms with Crippen LogP contribution in [-0.4, -0.2) is 30.3 Å². The summed E-state index contributed by atoms with van der Waals surface area (Å²) in [4.78, 5) is 14.8. The molecule has 0 amide bonds. The Labute approximate surface area is 118 Å². The van der Waals surface area contributed by atoms with Crippen LogP contribution in [-0.2, 0) is 0 Å². The van der Waals surface area contributed by atoms with Gasteiger partial charge in [-0.2, -0.15) is 0 Å². The summed E-state index contributed by atoms with van der Waals surface area (Å²) in [5.74, 6) is 0.156. The Bertz CT molecular complexity index is 465. The summed E-state index contributed by atoms with van der Waals surface area (Å²) < 4.78 is 0. The van der Waals surface area contributed by atoms with Crippen LogP contribution in [0.3, 0.4) is 0 Å². The lowest BCUT2D eigenvalue weighted by Crippen LogP contribution is -2.48. The molecule has 98 valence electrons. The average Bonchev–Trinajstić information content (AvgIpc) is 2.82. The third-order valence-electron chi connectivity index (χ3n) is 3.89. The second-order valence-electron chi connectivity index (χ2n) is 5.09. The lowest BCUT2D eigenvalue weighted by atomic mass is 9.86. The van der Waals surface area contributed by atoms with Crippen LogP contribution in [0, 0.1) is 0 Å². The molecule has 1 aliphatic rings. The van der Waals surface area contributed by atoms with Crippen molar-refractivity contribution in [1.82, 2.24) is 4.90 Å². The van der Waals surface area contributed by atoms with Gasteiger partial charge in [-0.1, -0.05) is 36.0 Å². The Balaban J connectivity index is 2.37. The van der Waals surface area contributed by atoms with Gasteiger partial charge in [0, 0.05) is 5.56 Å². The summed E-state index contributed by atoms with van der Waals surface area (Å²) in [6.45, 7) is 0. The van der Waals surface area contributed by atoms with Crippen molar-refractivity contribution in [2.45, 2.75) is 31.2 Å². The van der Waals surface area contributed by atoms with Gasteiger partial charge in [0.05, 0.1) is 15.6 Å². The molecule has 0 saturated heterocycles. The van der Waals surface area contributed by atoms with Crippen LogP contribution in [0.5, 0.6) is 0 Å². The van der Waals surface area contributed by atoms with Gasteiger partial charge in [-0.3, -0.25) is 9.69 Å². The number of likely N-dealkylation sites (N-methyl/N-ethyl adjacent to an activating group) is 1. The van der Waals surface area contributed by atoms with Crippen LogP contribution in [0.1, 0.15) is 36.0 Å². The molecule has 1 saturated carbocycles. The maximum Gasteiger partial charge on any atom is 0.183 e. The van der Waals surface area contributed by atoms with Crippen LogP contribution in [0.15, 0.2) is 18.2 Å². The topological polar surface area (TPSA) is 20.3 Å². The molecule has 0 bridgehead atoms. The minimum atomic E-state index is -0.364. The minimum absolute atomic E-state index is 0.156. The molecule has 0 aromatic heterocycles. The van der Waals surface area contributed by atoms with Crippen LogP contribution in [0.25, 0.3) is 0 Å². The van der Waals surface area contributed by atoms with E-state index in [4.69, 9.17) is 23.2 Å². The second kappa shape index (κ2) is 5.20. The number of halogens is 2. The number of rotatable bonds is 3. The van der Waals surface area contributed by atoms with Gasteiger partial charge >= 0.3 is 0 Å². The molecule has 0 N–H and O–H groups in total. The second-order valence-corrected chi connectivity index (χ2v) is 5.91. The van der Waals surface area contributed by atoms with Crippen molar-refractivity contribution in [2.24, 2.45) is 0 Å². The third-order valence-corrected chi connectivity index (χ3v) is 4.63. The molecule has 0 radical (unpaired) electrons. The molecule has 0 heterocycles. The Kier molecular flexibility index (Phi) is 4.00. The normalized spacial score (nSPS) is 18.3. The van der Waals surface area contributed by atoms with Gasteiger partial charge in [-0.05, 0) is 45.1 Å². The molecule has 2 nitrogen and oxygen atoms in total. The Morgan fingerprint density at radius 2 is 1.78 bits per heavy atom. The molecule has 1 aliphatic carbocycles. The van der Waals surface area contributed by atoms with E-state index in [2.05, 4.69) is 0 Å². The highest BCUT2D eigenvalue weighted by molar-refractivity contribution is 6.42. The number of ketones is 1. The van der Waals surface area contributed by atoms with E-state index in [-0.39, 0.29) is 11.3 Å². The monoisotopic (exact) mass is 285 g/mol. The highest BCUT2D eigenvalue weighted by atomic mass is 35.5. The summed E-state index contributed by atoms with van der Waals surface area (Å²) in [5, 5.41) is 0.924. The van der Waals surface area contributed by atoms with Crippen molar-refractivity contribution in [3.8, 4) is 0 Å². The van der Waals surface area contributed by atoms with Crippen molar-refractivity contribution in [3.05, 3.63) is 33.8 Å². The first kappa shape index (κ1) is 13.9. The molecule has 0 unspecified atom stereocenters. The average molecular weight is 286 g/mol. The van der Waals surface area contributed by atoms with Gasteiger partial charge in [0.25, 0.3) is 0 Å². The van der Waals surface area contributed by atoms with Crippen LogP contribution in [0.4, 0.5) is 0 Å². The van der Waals surface area contributed by atoms with E-state index < -0.39 is 0 Å². The van der Waals surface area contributed by atoms with E-state index in [9.17, 15) is 4.79 Å². The fourth-order valence-electron chi connectivity index (χ4n) is 2.74. The summed E-state index contributed by atoms with van der Waals surface area (Å²) in [6.07, 6.45) is 4.04. The van der Waals surface area contributed by atoms with Crippen molar-refractivity contribution in [3.63, 3.8) is 0 Å². The first-order valence-corrected chi connectivity index (χ1v) is 6.90. The fourth-order valence-corrected chi connectivity index (χ4v) is 3.04. The van der Waals surface area contributed by atoms with Gasteiger partial charge in [-0.25, -0.2) is 0 Å². The molecule has 1 fully saturated rings. The van der Waals surface area contributed by atoms with Crippen LogP contribution < -0.4 is 0 Å². The van der Waals surface area contributed by atoms with E-state index >= 15 is 0 Å². The van der Waals surface area contributed by atoms with E-state index in [0.717, 1.165) is 25.7 Å². The molecule has 0 aliphatic heterocycles. The SMILES string of the molecule is CN(C)C1(C(=O)c2ccc(Cl)c(Cl)c2)CCCC1. The van der Waals surface area contributed by atoms with Crippen molar-refractivity contribution >= 4 is 29.0 Å². The molecule has 4 heteroatoms. The largest absolute Gasteiger partial charge is 0.297 e. The lowest BCUT2D eigenvalue weighted by Gasteiger charge is -2.34. The van der Waals surface area contributed by atoms with Crippen LogP contribution >= 0.6 is 23.2 Å². The number of hydrogen-bond donors (Lipinski definition) is 0. The fraction of sp³-hybridized carbons (Fsp3) is 0.500. The highest BCUT2D eigenvalue weighted by Crippen LogP contribution is 2.37. The number of benzene rings is 1. The summed E-state index contributed by atoms with van der Waals surface area (Å²) >= 11 is 11.9. The van der Waals surface area contributed by atoms with Crippen molar-refractivity contribution in [2.75, 3.05) is 14.1 Å². The Morgan fingerprint density at radius 3 is 2.28 bits per heavy atom. The number of nitrogens with zero attached hydrogens (tertiary/aromatic N) is 1. The molecule has 0 atom stereocenters. The highest BCUT2D eigenvalue weighted by Gasteiger charge is 2.43. The number of carbonyl (C=O) groups excluding carboxylic acids is 1. The number of carbonyl (C=O) groups is 1. The molecule has 1 aromatic carbocycles. The molecular formula is C14H17Cl2NO. The first-order chi connectivity index (χ1) is 8.47. The molecule has 0 spiro atoms. The summed E-state index contributed by atoms with van der Waals surface area (Å²) in [7, 11) is 3.95. The van der Waals surface area contributed by atoms with Gasteiger partial charge in [-0.15, -0.1) is 0 Å². The van der Waals surface area contributed by atoms with Crippen molar-refractivity contribution in [1.29, 1.82) is 0 Å². The zero-order valence-corrected chi connectivity index (χ0v) is 12.2. The third kappa shape index (κ3) is 2.29. The summed E-state index contributed by atoms with van der Waals surface area (Å²) in [5.41, 5.74) is 0.289. The summed E-state index contributed by atoms with van der Waals surface area (Å²) in [6, 6.07) is 5.13. The lowest BCUT2D eigenvalue weighted by molar-refractivity contribution is 0.0693. The Hall–Kier alpha value is -0.570. The maximum atomic E-state index is 12.7.